The van der Waals surface area contributed by atoms with E-state index in [0.717, 1.165) is 32.1 Å². The Morgan fingerprint density at radius 1 is 0.889 bits per heavy atom. The van der Waals surface area contributed by atoms with Gasteiger partial charge in [0.2, 0.25) is 0 Å². The number of hydrogen-bond acceptors (Lipinski definition) is 9. The molecule has 3 N–H and O–H groups in total. The van der Waals surface area contributed by atoms with E-state index >= 15 is 0 Å². The maximum absolute atomic E-state index is 12.0. The molecule has 0 heterocycles. The number of terminal acetylenes is 1. The third kappa shape index (κ3) is 30.8. The zero-order chi connectivity index (χ0) is 24.8. The summed E-state index contributed by atoms with van der Waals surface area (Å²) < 4.78 is 24.7. The van der Waals surface area contributed by atoms with Gasteiger partial charge < -0.3 is 34.5 Å². The minimum Gasteiger partial charge on any atom is -0.790 e. The van der Waals surface area contributed by atoms with Gasteiger partial charge in [0, 0.05) is 25.2 Å². The van der Waals surface area contributed by atoms with E-state index in [0.29, 0.717) is 6.42 Å². The molecule has 0 aliphatic heterocycles. The summed E-state index contributed by atoms with van der Waals surface area (Å²) in [6.45, 7) is 0.802. The fraction of sp³-hybridized carbons (Fsp3) is 0.500. The van der Waals surface area contributed by atoms with Crippen LogP contribution in [0.5, 0.6) is 0 Å². The van der Waals surface area contributed by atoms with Crippen LogP contribution in [-0.4, -0.2) is 31.3 Å². The second-order valence-electron chi connectivity index (χ2n) is 6.47. The number of rotatable bonds is 14. The van der Waals surface area contributed by atoms with E-state index in [2.05, 4.69) is 58.8 Å². The minimum atomic E-state index is -5.30. The summed E-state index contributed by atoms with van der Waals surface area (Å²) in [4.78, 5) is 45.0. The molecule has 0 radical (unpaired) electrons. The number of phosphoric ester groups is 1. The van der Waals surface area contributed by atoms with Gasteiger partial charge in [0.15, 0.2) is 6.10 Å². The van der Waals surface area contributed by atoms with Crippen LogP contribution in [0.3, 0.4) is 0 Å². The average molecular weight is 554 g/mol. The second kappa shape index (κ2) is 28.4. The van der Waals surface area contributed by atoms with E-state index < -0.39 is 39.1 Å². The zero-order valence-corrected chi connectivity index (χ0v) is 26.0. The third-order valence-electron chi connectivity index (χ3n) is 3.71. The number of unbranched alkanes of at least 4 members (excludes halogenated alkanes) is 6. The molecule has 0 saturated heterocycles. The van der Waals surface area contributed by atoms with E-state index in [9.17, 15) is 23.9 Å². The smallest absolute Gasteiger partial charge is 0.790 e. The molecule has 0 aromatic carbocycles. The first-order valence-electron chi connectivity index (χ1n) is 10.3. The molecular formula is C24H46NNa2O8P. The molecule has 0 fully saturated rings. The van der Waals surface area contributed by atoms with Crippen molar-refractivity contribution in [2.75, 3.05) is 13.2 Å². The number of carbonyl (C=O) groups is 2. The van der Waals surface area contributed by atoms with Gasteiger partial charge in [-0.3, -0.25) is 4.79 Å². The SMILES string of the molecule is C#CC#CC#CC#CC#CC(=O)OC[C@@H](COP(=O)([O-])[O-])OC(=O)CCCCCCCCC.N.[HH].[HH].[HH].[HH].[HH].[HH].[HH].[HH].[HH].[Na+].[Na+]. The Hall–Kier alpha value is -1.19. The Bertz CT molecular complexity index is 1010. The molecule has 0 saturated carbocycles. The molecule has 0 aliphatic rings. The van der Waals surface area contributed by atoms with Gasteiger partial charge in [0.1, 0.15) is 6.61 Å². The van der Waals surface area contributed by atoms with Crippen LogP contribution in [0.2, 0.25) is 0 Å². The number of carbonyl (C=O) groups excluding carboxylic acids is 2. The molecule has 36 heavy (non-hydrogen) atoms. The van der Waals surface area contributed by atoms with Crippen LogP contribution in [0.1, 0.15) is 71.1 Å². The summed E-state index contributed by atoms with van der Waals surface area (Å²) in [5.74, 6) is 18.5. The standard InChI is InChI=1S/C24H27O8P.H3N.2Na.9H2/c1-3-5-7-9-11-13-14-16-18-23(25)30-20-22(21-31-33(27,28)29)32-24(26)19-17-15-12-10-8-6-4-2;;;;;;;;;;;;/h1,22H,4,6,8,10,12,15,17,19-21H2,2H3,(H2,27,28,29);1H3;;;9*1H/q;;2*+1;;;;;;;;;/p-2/t22-;;;;;;;;;;;;/m0............/s1. The van der Waals surface area contributed by atoms with Crippen LogP contribution in [0.15, 0.2) is 0 Å². The maximum Gasteiger partial charge on any atom is 1.00 e. The summed E-state index contributed by atoms with van der Waals surface area (Å²) in [5, 5.41) is 0. The van der Waals surface area contributed by atoms with Crippen molar-refractivity contribution >= 4 is 19.8 Å². The first-order chi connectivity index (χ1) is 15.8. The quantitative estimate of drug-likeness (QED) is 0.0610. The summed E-state index contributed by atoms with van der Waals surface area (Å²) >= 11 is 0. The molecule has 0 amide bonds. The van der Waals surface area contributed by atoms with Gasteiger partial charge in [-0.1, -0.05) is 45.4 Å². The summed E-state index contributed by atoms with van der Waals surface area (Å²) in [7, 11) is -5.30. The summed E-state index contributed by atoms with van der Waals surface area (Å²) in [6, 6.07) is 0. The molecule has 0 unspecified atom stereocenters. The molecule has 0 aromatic rings. The van der Waals surface area contributed by atoms with Gasteiger partial charge in [-0.25, -0.2) is 4.79 Å². The predicted molar refractivity (Wildman–Crippen MR) is 141 cm³/mol. The third-order valence-corrected chi connectivity index (χ3v) is 4.18. The summed E-state index contributed by atoms with van der Waals surface area (Å²) in [5.41, 5.74) is 0. The van der Waals surface area contributed by atoms with E-state index in [4.69, 9.17) is 15.9 Å². The van der Waals surface area contributed by atoms with Gasteiger partial charge in [-0.2, -0.15) is 0 Å². The van der Waals surface area contributed by atoms with Gasteiger partial charge in [-0.15, -0.1) is 6.42 Å². The van der Waals surface area contributed by atoms with Crippen LogP contribution in [0, 0.1) is 59.7 Å². The van der Waals surface area contributed by atoms with Crippen molar-refractivity contribution < 1.29 is 110 Å². The van der Waals surface area contributed by atoms with Gasteiger partial charge >= 0.3 is 71.1 Å². The van der Waals surface area contributed by atoms with Crippen LogP contribution in [0.4, 0.5) is 0 Å². The Morgan fingerprint density at radius 2 is 1.42 bits per heavy atom. The molecular weight excluding hydrogens is 507 g/mol. The van der Waals surface area contributed by atoms with Crippen molar-refractivity contribution in [3.8, 4) is 59.7 Å². The number of esters is 2. The summed E-state index contributed by atoms with van der Waals surface area (Å²) in [6.07, 6.45) is 10.7. The normalized spacial score (nSPS) is 9.39. The number of phosphoric acid groups is 1. The molecule has 202 valence electrons. The number of ether oxygens (including phenoxy) is 2. The van der Waals surface area contributed by atoms with Crippen molar-refractivity contribution in [2.45, 2.75) is 64.4 Å². The van der Waals surface area contributed by atoms with E-state index in [1.54, 1.807) is 0 Å². The van der Waals surface area contributed by atoms with E-state index in [1.807, 2.05) is 5.92 Å². The molecule has 0 rings (SSSR count). The first kappa shape index (κ1) is 41.9. The average Bonchev–Trinajstić information content (AvgIpc) is 2.76. The van der Waals surface area contributed by atoms with Crippen LogP contribution in [-0.2, 0) is 28.2 Å². The van der Waals surface area contributed by atoms with Crippen LogP contribution < -0.4 is 75.1 Å². The molecule has 12 heteroatoms. The fourth-order valence-electron chi connectivity index (χ4n) is 2.24. The second-order valence-corrected chi connectivity index (χ2v) is 7.62. The Morgan fingerprint density at radius 3 is 1.97 bits per heavy atom. The topological polar surface area (TPSA) is 160 Å². The minimum absolute atomic E-state index is 0. The predicted octanol–water partition coefficient (Wildman–Crippen LogP) is -2.54. The van der Waals surface area contributed by atoms with Crippen LogP contribution >= 0.6 is 7.82 Å². The van der Waals surface area contributed by atoms with Crippen LogP contribution in [0.25, 0.3) is 0 Å². The fourth-order valence-corrected chi connectivity index (χ4v) is 2.59. The zero-order valence-electron chi connectivity index (χ0n) is 21.1. The largest absolute Gasteiger partial charge is 1.00 e. The Balaban J connectivity index is -0.0000000776. The number of hydrogen-bond donors (Lipinski definition) is 1. The van der Waals surface area contributed by atoms with Crippen molar-refractivity contribution in [3.63, 3.8) is 0 Å². The molecule has 0 bridgehead atoms. The maximum atomic E-state index is 12.0. The monoisotopic (exact) mass is 553 g/mol. The van der Waals surface area contributed by atoms with Crippen molar-refractivity contribution in [1.29, 1.82) is 0 Å². The van der Waals surface area contributed by atoms with Crippen molar-refractivity contribution in [1.82, 2.24) is 6.15 Å². The molecule has 0 aliphatic carbocycles. The van der Waals surface area contributed by atoms with Crippen molar-refractivity contribution in [3.05, 3.63) is 0 Å². The van der Waals surface area contributed by atoms with Gasteiger partial charge in [0.25, 0.3) is 0 Å². The van der Waals surface area contributed by atoms with E-state index in [1.165, 1.54) is 6.42 Å². The van der Waals surface area contributed by atoms with Gasteiger partial charge in [0.05, 0.1) is 14.4 Å². The molecule has 0 spiro atoms. The Labute approximate surface area is 271 Å². The van der Waals surface area contributed by atoms with E-state index in [-0.39, 0.29) is 84.5 Å². The Kier molecular flexibility index (Phi) is 33.0. The van der Waals surface area contributed by atoms with Gasteiger partial charge in [-0.05, 0) is 53.8 Å². The van der Waals surface area contributed by atoms with Crippen molar-refractivity contribution in [2.24, 2.45) is 0 Å². The molecule has 1 atom stereocenters. The first-order valence-corrected chi connectivity index (χ1v) is 11.7. The molecule has 9 nitrogen and oxygen atoms in total. The molecule has 0 aromatic heterocycles.